The summed E-state index contributed by atoms with van der Waals surface area (Å²) in [6.45, 7) is 4.61. The van der Waals surface area contributed by atoms with Crippen LogP contribution in [0, 0.1) is 0 Å². The maximum absolute atomic E-state index is 12.8. The van der Waals surface area contributed by atoms with Crippen molar-refractivity contribution in [3.63, 3.8) is 0 Å². The minimum Gasteiger partial charge on any atom is -0.491 e. The van der Waals surface area contributed by atoms with Crippen LogP contribution in [0.5, 0.6) is 5.75 Å². The molecule has 0 bridgehead atoms. The molecule has 6 nitrogen and oxygen atoms in total. The molecule has 1 aromatic carbocycles. The third kappa shape index (κ3) is 4.87. The summed E-state index contributed by atoms with van der Waals surface area (Å²) < 4.78 is 10.6. The second-order valence-electron chi connectivity index (χ2n) is 6.08. The van der Waals surface area contributed by atoms with Crippen molar-refractivity contribution >= 4 is 29.1 Å². The zero-order valence-corrected chi connectivity index (χ0v) is 16.2. The van der Waals surface area contributed by atoms with E-state index in [1.807, 2.05) is 13.8 Å². The van der Waals surface area contributed by atoms with Gasteiger partial charge in [-0.1, -0.05) is 12.1 Å². The molecular weight excluding hydrogens is 354 g/mol. The summed E-state index contributed by atoms with van der Waals surface area (Å²) in [6.07, 6.45) is 0.641. The fourth-order valence-corrected chi connectivity index (χ4v) is 3.51. The number of carbonyl (C=O) groups is 2. The summed E-state index contributed by atoms with van der Waals surface area (Å²) in [4.78, 5) is 27.2. The number of carbonyl (C=O) groups excluding carboxylic acids is 2. The zero-order valence-electron chi connectivity index (χ0n) is 15.4. The van der Waals surface area contributed by atoms with Crippen LogP contribution in [-0.4, -0.2) is 60.5 Å². The van der Waals surface area contributed by atoms with Crippen molar-refractivity contribution < 1.29 is 24.2 Å². The monoisotopic (exact) mass is 379 g/mol. The Hall–Kier alpha value is -1.83. The molecule has 0 saturated heterocycles. The van der Waals surface area contributed by atoms with Gasteiger partial charge in [0.1, 0.15) is 5.75 Å². The third-order valence-corrected chi connectivity index (χ3v) is 4.76. The number of amides is 2. The maximum Gasteiger partial charge on any atom is 0.267 e. The van der Waals surface area contributed by atoms with Crippen molar-refractivity contribution in [3.8, 4) is 5.75 Å². The summed E-state index contributed by atoms with van der Waals surface area (Å²) in [6, 6.07) is 7.16. The molecule has 1 heterocycles. The Morgan fingerprint density at radius 3 is 2.42 bits per heavy atom. The molecule has 0 saturated carbocycles. The average molecular weight is 379 g/mol. The molecule has 0 fully saturated rings. The van der Waals surface area contributed by atoms with Gasteiger partial charge in [0, 0.05) is 26.0 Å². The number of benzene rings is 1. The average Bonchev–Trinajstić information content (AvgIpc) is 2.84. The van der Waals surface area contributed by atoms with Gasteiger partial charge in [0.15, 0.2) is 0 Å². The summed E-state index contributed by atoms with van der Waals surface area (Å²) in [5, 5.41) is 9.11. The van der Waals surface area contributed by atoms with Crippen LogP contribution in [0.1, 0.15) is 25.8 Å². The Bertz CT molecular complexity index is 669. The Morgan fingerprint density at radius 2 is 1.85 bits per heavy atom. The molecule has 2 amide bonds. The first-order valence-corrected chi connectivity index (χ1v) is 9.58. The quantitative estimate of drug-likeness (QED) is 0.497. The molecule has 26 heavy (non-hydrogen) atoms. The second-order valence-corrected chi connectivity index (χ2v) is 7.18. The first kappa shape index (κ1) is 20.5. The molecule has 0 radical (unpaired) electrons. The van der Waals surface area contributed by atoms with Gasteiger partial charge in [0.05, 0.1) is 23.2 Å². The van der Waals surface area contributed by atoms with E-state index >= 15 is 0 Å². The molecule has 7 heteroatoms. The van der Waals surface area contributed by atoms with Gasteiger partial charge >= 0.3 is 0 Å². The lowest BCUT2D eigenvalue weighted by Crippen LogP contribution is -2.33. The number of imide groups is 1. The van der Waals surface area contributed by atoms with E-state index in [2.05, 4.69) is 0 Å². The number of hydrogen-bond donors (Lipinski definition) is 1. The number of thioether (sulfide) groups is 1. The van der Waals surface area contributed by atoms with Gasteiger partial charge in [-0.2, -0.15) is 0 Å². The Labute approximate surface area is 158 Å². The standard InChI is InChI=1S/C19H25NO5S/c1-13(2)25-15-7-5-14(6-8-15)16-17(26-12-10-21)19(23)20(18(16)22)9-4-11-24-3/h5-8,13,21H,4,9-12H2,1-3H3. The highest BCUT2D eigenvalue weighted by Crippen LogP contribution is 2.36. The predicted octanol–water partition coefficient (Wildman–Crippen LogP) is 2.32. The van der Waals surface area contributed by atoms with Gasteiger partial charge in [-0.25, -0.2) is 0 Å². The first-order chi connectivity index (χ1) is 12.5. The molecule has 0 aromatic heterocycles. The van der Waals surface area contributed by atoms with Crippen molar-refractivity contribution in [2.24, 2.45) is 0 Å². The van der Waals surface area contributed by atoms with Gasteiger partial charge in [-0.05, 0) is 38.0 Å². The lowest BCUT2D eigenvalue weighted by atomic mass is 10.1. The normalized spacial score (nSPS) is 14.7. The topological polar surface area (TPSA) is 76.1 Å². The Kier molecular flexibility index (Phi) is 7.68. The summed E-state index contributed by atoms with van der Waals surface area (Å²) >= 11 is 1.21. The van der Waals surface area contributed by atoms with Crippen molar-refractivity contribution in [1.29, 1.82) is 0 Å². The molecule has 0 atom stereocenters. The van der Waals surface area contributed by atoms with Crippen molar-refractivity contribution in [2.75, 3.05) is 32.6 Å². The number of rotatable bonds is 10. The van der Waals surface area contributed by atoms with Crippen LogP contribution in [0.15, 0.2) is 29.2 Å². The molecule has 1 aliphatic heterocycles. The van der Waals surface area contributed by atoms with Crippen molar-refractivity contribution in [1.82, 2.24) is 4.90 Å². The SMILES string of the molecule is COCCCN1C(=O)C(SCCO)=C(c2ccc(OC(C)C)cc2)C1=O. The van der Waals surface area contributed by atoms with E-state index in [1.165, 1.54) is 16.7 Å². The molecule has 142 valence electrons. The minimum absolute atomic E-state index is 0.0571. The molecule has 1 N–H and O–H groups in total. The fraction of sp³-hybridized carbons (Fsp3) is 0.474. The highest BCUT2D eigenvalue weighted by Gasteiger charge is 2.38. The highest BCUT2D eigenvalue weighted by molar-refractivity contribution is 8.04. The van der Waals surface area contributed by atoms with Crippen molar-refractivity contribution in [3.05, 3.63) is 34.7 Å². The molecule has 0 unspecified atom stereocenters. The zero-order chi connectivity index (χ0) is 19.1. The first-order valence-electron chi connectivity index (χ1n) is 8.59. The summed E-state index contributed by atoms with van der Waals surface area (Å²) in [5.74, 6) is 0.465. The van der Waals surface area contributed by atoms with Gasteiger partial charge in [-0.15, -0.1) is 11.8 Å². The van der Waals surface area contributed by atoms with Gasteiger partial charge < -0.3 is 14.6 Å². The molecule has 2 rings (SSSR count). The van der Waals surface area contributed by atoms with E-state index in [9.17, 15) is 9.59 Å². The molecule has 0 spiro atoms. The van der Waals surface area contributed by atoms with E-state index in [1.54, 1.807) is 31.4 Å². The van der Waals surface area contributed by atoms with Crippen LogP contribution in [0.2, 0.25) is 0 Å². The third-order valence-electron chi connectivity index (χ3n) is 3.71. The van der Waals surface area contributed by atoms with Crippen molar-refractivity contribution in [2.45, 2.75) is 26.4 Å². The number of nitrogens with zero attached hydrogens (tertiary/aromatic N) is 1. The van der Waals surface area contributed by atoms with E-state index in [0.717, 1.165) is 0 Å². The van der Waals surface area contributed by atoms with Crippen LogP contribution >= 0.6 is 11.8 Å². The van der Waals surface area contributed by atoms with Gasteiger partial charge in [-0.3, -0.25) is 14.5 Å². The Balaban J connectivity index is 2.29. The summed E-state index contributed by atoms with van der Waals surface area (Å²) in [7, 11) is 1.58. The number of ether oxygens (including phenoxy) is 2. The lowest BCUT2D eigenvalue weighted by Gasteiger charge is -2.14. The van der Waals surface area contributed by atoms with E-state index in [-0.39, 0.29) is 24.5 Å². The predicted molar refractivity (Wildman–Crippen MR) is 102 cm³/mol. The van der Waals surface area contributed by atoms with Gasteiger partial charge in [0.2, 0.25) is 0 Å². The van der Waals surface area contributed by atoms with Crippen LogP contribution in [0.3, 0.4) is 0 Å². The second kappa shape index (κ2) is 9.75. The van der Waals surface area contributed by atoms with Crippen LogP contribution in [0.4, 0.5) is 0 Å². The molecular formula is C19H25NO5S. The number of hydrogen-bond acceptors (Lipinski definition) is 6. The molecule has 1 aliphatic rings. The van der Waals surface area contributed by atoms with E-state index < -0.39 is 0 Å². The largest absolute Gasteiger partial charge is 0.491 e. The molecule has 0 aliphatic carbocycles. The van der Waals surface area contributed by atoms with Crippen LogP contribution < -0.4 is 4.74 Å². The minimum atomic E-state index is -0.304. The number of aliphatic hydroxyl groups is 1. The van der Waals surface area contributed by atoms with E-state index in [0.29, 0.717) is 47.1 Å². The maximum atomic E-state index is 12.8. The van der Waals surface area contributed by atoms with Crippen LogP contribution in [0.25, 0.3) is 5.57 Å². The summed E-state index contributed by atoms with van der Waals surface area (Å²) in [5.41, 5.74) is 1.07. The lowest BCUT2D eigenvalue weighted by molar-refractivity contribution is -0.136. The fourth-order valence-electron chi connectivity index (χ4n) is 2.63. The van der Waals surface area contributed by atoms with Crippen LogP contribution in [-0.2, 0) is 14.3 Å². The number of methoxy groups -OCH3 is 1. The van der Waals surface area contributed by atoms with E-state index in [4.69, 9.17) is 14.6 Å². The number of aliphatic hydroxyl groups excluding tert-OH is 1. The van der Waals surface area contributed by atoms with Gasteiger partial charge in [0.25, 0.3) is 11.8 Å². The Morgan fingerprint density at radius 1 is 1.15 bits per heavy atom. The highest BCUT2D eigenvalue weighted by atomic mass is 32.2. The molecule has 1 aromatic rings. The smallest absolute Gasteiger partial charge is 0.267 e.